The van der Waals surface area contributed by atoms with Crippen LogP contribution in [0, 0.1) is 0 Å². The van der Waals surface area contributed by atoms with Crippen LogP contribution >= 0.6 is 0 Å². The van der Waals surface area contributed by atoms with Gasteiger partial charge in [-0.3, -0.25) is 0 Å². The van der Waals surface area contributed by atoms with Crippen LogP contribution in [0.3, 0.4) is 0 Å². The topological polar surface area (TPSA) is 29.5 Å². The molecule has 1 N–H and O–H groups in total. The second-order valence-corrected chi connectivity index (χ2v) is 3.83. The molecule has 0 radical (unpaired) electrons. The summed E-state index contributed by atoms with van der Waals surface area (Å²) in [5.41, 5.74) is 2.28. The normalized spacial score (nSPS) is 18.1. The molecule has 1 aliphatic heterocycles. The molecule has 1 aromatic carbocycles. The Hall–Kier alpha value is -1.02. The average Bonchev–Trinajstić information content (AvgIpc) is 2.56. The summed E-state index contributed by atoms with van der Waals surface area (Å²) in [6.45, 7) is 4.92. The van der Waals surface area contributed by atoms with Crippen LogP contribution in [-0.2, 0) is 16.9 Å². The van der Waals surface area contributed by atoms with Gasteiger partial charge in [0.15, 0.2) is 0 Å². The molecule has 0 bridgehead atoms. The van der Waals surface area contributed by atoms with E-state index in [1.165, 1.54) is 5.56 Å². The second kappa shape index (κ2) is 3.28. The molecule has 76 valence electrons. The van der Waals surface area contributed by atoms with E-state index >= 15 is 0 Å². The number of ether oxygens (including phenoxy) is 1. The van der Waals surface area contributed by atoms with Gasteiger partial charge in [-0.15, -0.1) is 0 Å². The molecule has 0 amide bonds. The van der Waals surface area contributed by atoms with Gasteiger partial charge in [-0.05, 0) is 36.1 Å². The molecule has 0 saturated carbocycles. The summed E-state index contributed by atoms with van der Waals surface area (Å²) in [5.74, 6) is 0.329. The smallest absolute Gasteiger partial charge is 0.115 e. The highest BCUT2D eigenvalue weighted by Gasteiger charge is 2.36. The predicted octanol–water partition coefficient (Wildman–Crippen LogP) is 2.94. The molecule has 2 heteroatoms. The fourth-order valence-electron chi connectivity index (χ4n) is 2.27. The van der Waals surface area contributed by atoms with E-state index in [4.69, 9.17) is 4.74 Å². The number of benzene rings is 1. The summed E-state index contributed by atoms with van der Waals surface area (Å²) < 4.78 is 5.85. The maximum Gasteiger partial charge on any atom is 0.115 e. The number of hydrogen-bond acceptors (Lipinski definition) is 2. The molecular formula is C12H16O2. The Bertz CT molecular complexity index is 340. The quantitative estimate of drug-likeness (QED) is 0.780. The van der Waals surface area contributed by atoms with Crippen LogP contribution in [0.2, 0.25) is 0 Å². The Morgan fingerprint density at radius 2 is 2.07 bits per heavy atom. The standard InChI is InChI=1S/C12H16O2/c1-3-12(4-2)11-6-5-10(13)7-9(11)8-14-12/h5-7,13H,3-4,8H2,1-2H3. The van der Waals surface area contributed by atoms with Gasteiger partial charge in [0.25, 0.3) is 0 Å². The highest BCUT2D eigenvalue weighted by molar-refractivity contribution is 5.40. The summed E-state index contributed by atoms with van der Waals surface area (Å²) in [7, 11) is 0. The van der Waals surface area contributed by atoms with Crippen molar-refractivity contribution in [3.8, 4) is 5.75 Å². The number of aromatic hydroxyl groups is 1. The molecule has 1 heterocycles. The van der Waals surface area contributed by atoms with Crippen LogP contribution in [0.4, 0.5) is 0 Å². The summed E-state index contributed by atoms with van der Waals surface area (Å²) in [6, 6.07) is 5.54. The van der Waals surface area contributed by atoms with Crippen LogP contribution < -0.4 is 0 Å². The Balaban J connectivity index is 2.48. The monoisotopic (exact) mass is 192 g/mol. The zero-order valence-corrected chi connectivity index (χ0v) is 8.71. The van der Waals surface area contributed by atoms with Gasteiger partial charge in [-0.25, -0.2) is 0 Å². The highest BCUT2D eigenvalue weighted by Crippen LogP contribution is 2.42. The van der Waals surface area contributed by atoms with Gasteiger partial charge in [0, 0.05) is 0 Å². The van der Waals surface area contributed by atoms with Crippen molar-refractivity contribution in [1.82, 2.24) is 0 Å². The van der Waals surface area contributed by atoms with Gasteiger partial charge < -0.3 is 9.84 Å². The fourth-order valence-corrected chi connectivity index (χ4v) is 2.27. The molecular weight excluding hydrogens is 176 g/mol. The van der Waals surface area contributed by atoms with E-state index in [-0.39, 0.29) is 5.60 Å². The first-order chi connectivity index (χ1) is 6.72. The molecule has 0 atom stereocenters. The van der Waals surface area contributed by atoms with Crippen LogP contribution in [0.25, 0.3) is 0 Å². The van der Waals surface area contributed by atoms with E-state index in [1.807, 2.05) is 12.1 Å². The van der Waals surface area contributed by atoms with E-state index < -0.39 is 0 Å². The lowest BCUT2D eigenvalue weighted by Crippen LogP contribution is -2.22. The Morgan fingerprint density at radius 3 is 2.71 bits per heavy atom. The molecule has 0 saturated heterocycles. The van der Waals surface area contributed by atoms with Crippen molar-refractivity contribution in [3.63, 3.8) is 0 Å². The first kappa shape index (κ1) is 9.53. The molecule has 1 aliphatic rings. The molecule has 0 spiro atoms. The first-order valence-electron chi connectivity index (χ1n) is 5.18. The number of rotatable bonds is 2. The van der Waals surface area contributed by atoms with Gasteiger partial charge in [0.1, 0.15) is 5.75 Å². The van der Waals surface area contributed by atoms with Crippen molar-refractivity contribution >= 4 is 0 Å². The van der Waals surface area contributed by atoms with E-state index in [9.17, 15) is 5.11 Å². The van der Waals surface area contributed by atoms with Crippen molar-refractivity contribution in [1.29, 1.82) is 0 Å². The van der Waals surface area contributed by atoms with Crippen molar-refractivity contribution in [3.05, 3.63) is 29.3 Å². The third-order valence-corrected chi connectivity index (χ3v) is 3.23. The van der Waals surface area contributed by atoms with Crippen LogP contribution in [0.15, 0.2) is 18.2 Å². The average molecular weight is 192 g/mol. The maximum absolute atomic E-state index is 9.36. The lowest BCUT2D eigenvalue weighted by atomic mass is 9.88. The lowest BCUT2D eigenvalue weighted by molar-refractivity contribution is -0.0439. The molecule has 2 nitrogen and oxygen atoms in total. The third-order valence-electron chi connectivity index (χ3n) is 3.23. The fraction of sp³-hybridized carbons (Fsp3) is 0.500. The van der Waals surface area contributed by atoms with Gasteiger partial charge >= 0.3 is 0 Å². The molecule has 0 aromatic heterocycles. The zero-order valence-electron chi connectivity index (χ0n) is 8.71. The third kappa shape index (κ3) is 1.22. The van der Waals surface area contributed by atoms with Crippen molar-refractivity contribution in [2.45, 2.75) is 38.9 Å². The Morgan fingerprint density at radius 1 is 1.36 bits per heavy atom. The predicted molar refractivity (Wildman–Crippen MR) is 55.2 cm³/mol. The minimum atomic E-state index is -0.108. The molecule has 2 rings (SSSR count). The van der Waals surface area contributed by atoms with Gasteiger partial charge in [-0.1, -0.05) is 19.9 Å². The SMILES string of the molecule is CCC1(CC)OCc2cc(O)ccc21. The minimum absolute atomic E-state index is 0.108. The van der Waals surface area contributed by atoms with Gasteiger partial charge in [-0.2, -0.15) is 0 Å². The zero-order chi connectivity index (χ0) is 10.2. The van der Waals surface area contributed by atoms with Crippen LogP contribution in [0.5, 0.6) is 5.75 Å². The summed E-state index contributed by atoms with van der Waals surface area (Å²) in [4.78, 5) is 0. The summed E-state index contributed by atoms with van der Waals surface area (Å²) in [6.07, 6.45) is 1.97. The lowest BCUT2D eigenvalue weighted by Gasteiger charge is -2.26. The molecule has 1 aromatic rings. The summed E-state index contributed by atoms with van der Waals surface area (Å²) in [5, 5.41) is 9.36. The van der Waals surface area contributed by atoms with Crippen molar-refractivity contribution in [2.75, 3.05) is 0 Å². The number of fused-ring (bicyclic) bond motifs is 1. The van der Waals surface area contributed by atoms with E-state index in [1.54, 1.807) is 6.07 Å². The second-order valence-electron chi connectivity index (χ2n) is 3.83. The molecule has 0 unspecified atom stereocenters. The number of phenolic OH excluding ortho intramolecular Hbond substituents is 1. The van der Waals surface area contributed by atoms with Crippen LogP contribution in [0.1, 0.15) is 37.8 Å². The first-order valence-corrected chi connectivity index (χ1v) is 5.18. The van der Waals surface area contributed by atoms with Crippen molar-refractivity contribution in [2.24, 2.45) is 0 Å². The van der Waals surface area contributed by atoms with Crippen molar-refractivity contribution < 1.29 is 9.84 Å². The van der Waals surface area contributed by atoms with E-state index in [0.29, 0.717) is 12.4 Å². The molecule has 14 heavy (non-hydrogen) atoms. The van der Waals surface area contributed by atoms with Gasteiger partial charge in [0.05, 0.1) is 12.2 Å². The number of hydrogen-bond donors (Lipinski definition) is 1. The minimum Gasteiger partial charge on any atom is -0.508 e. The Kier molecular flexibility index (Phi) is 2.23. The number of phenols is 1. The largest absolute Gasteiger partial charge is 0.508 e. The van der Waals surface area contributed by atoms with Gasteiger partial charge in [0.2, 0.25) is 0 Å². The Labute approximate surface area is 84.5 Å². The highest BCUT2D eigenvalue weighted by atomic mass is 16.5. The molecule has 0 aliphatic carbocycles. The summed E-state index contributed by atoms with van der Waals surface area (Å²) >= 11 is 0. The maximum atomic E-state index is 9.36. The van der Waals surface area contributed by atoms with Crippen LogP contribution in [-0.4, -0.2) is 5.11 Å². The van der Waals surface area contributed by atoms with E-state index in [0.717, 1.165) is 18.4 Å². The molecule has 0 fully saturated rings. The van der Waals surface area contributed by atoms with E-state index in [2.05, 4.69) is 13.8 Å².